The van der Waals surface area contributed by atoms with Gasteiger partial charge in [-0.15, -0.1) is 6.58 Å². The van der Waals surface area contributed by atoms with Crippen molar-refractivity contribution in [3.63, 3.8) is 0 Å². The molecule has 4 heteroatoms. The van der Waals surface area contributed by atoms with Gasteiger partial charge in [0.2, 0.25) is 0 Å². The van der Waals surface area contributed by atoms with Crippen molar-refractivity contribution in [3.8, 4) is 0 Å². The van der Waals surface area contributed by atoms with E-state index < -0.39 is 28.8 Å². The van der Waals surface area contributed by atoms with Gasteiger partial charge in [-0.25, -0.2) is 17.6 Å². The highest BCUT2D eigenvalue weighted by molar-refractivity contribution is 5.35. The summed E-state index contributed by atoms with van der Waals surface area (Å²) in [5.74, 6) is -6.51. The second kappa shape index (κ2) is 3.82. The lowest BCUT2D eigenvalue weighted by atomic mass is 10.0. The Morgan fingerprint density at radius 1 is 0.929 bits per heavy atom. The number of hydrogen-bond acceptors (Lipinski definition) is 0. The van der Waals surface area contributed by atoms with Crippen LogP contribution in [0, 0.1) is 30.2 Å². The molecule has 0 aromatic heterocycles. The molecule has 14 heavy (non-hydrogen) atoms. The zero-order valence-corrected chi connectivity index (χ0v) is 7.21. The summed E-state index contributed by atoms with van der Waals surface area (Å²) in [4.78, 5) is 0. The van der Waals surface area contributed by atoms with Crippen molar-refractivity contribution < 1.29 is 17.6 Å². The van der Waals surface area contributed by atoms with Crippen LogP contribution in [0.25, 0.3) is 0 Å². The van der Waals surface area contributed by atoms with Crippen molar-refractivity contribution in [1.29, 1.82) is 0 Å². The first kappa shape index (κ1) is 10.8. The van der Waals surface area contributed by atoms with E-state index in [-0.39, 0.29) is 12.0 Å². The Kier molecular flexibility index (Phi) is 2.93. The second-order valence-electron chi connectivity index (χ2n) is 2.71. The molecule has 0 aliphatic rings. The largest absolute Gasteiger partial charge is 0.203 e. The molecular weight excluding hydrogens is 196 g/mol. The molecule has 0 atom stereocenters. The Morgan fingerprint density at radius 2 is 1.43 bits per heavy atom. The maximum Gasteiger partial charge on any atom is 0.197 e. The van der Waals surface area contributed by atoms with Gasteiger partial charge >= 0.3 is 0 Å². The van der Waals surface area contributed by atoms with Gasteiger partial charge in [0.25, 0.3) is 0 Å². The van der Waals surface area contributed by atoms with E-state index in [4.69, 9.17) is 0 Å². The summed E-state index contributed by atoms with van der Waals surface area (Å²) in [7, 11) is 0. The van der Waals surface area contributed by atoms with Crippen LogP contribution >= 0.6 is 0 Å². The summed E-state index contributed by atoms with van der Waals surface area (Å²) in [5, 5.41) is 0. The first-order valence-electron chi connectivity index (χ1n) is 3.78. The van der Waals surface area contributed by atoms with E-state index in [0.29, 0.717) is 0 Å². The highest BCUT2D eigenvalue weighted by atomic mass is 19.2. The fraction of sp³-hybridized carbons (Fsp3) is 0.100. The second-order valence-corrected chi connectivity index (χ2v) is 2.71. The van der Waals surface area contributed by atoms with Crippen LogP contribution in [0.5, 0.6) is 0 Å². The molecule has 0 amide bonds. The van der Waals surface area contributed by atoms with Crippen LogP contribution in [-0.2, 0) is 6.42 Å². The predicted molar refractivity (Wildman–Crippen MR) is 44.6 cm³/mol. The third-order valence-electron chi connectivity index (χ3n) is 1.82. The van der Waals surface area contributed by atoms with Crippen LogP contribution in [0.2, 0.25) is 0 Å². The van der Waals surface area contributed by atoms with E-state index in [1.165, 1.54) is 6.08 Å². The fourth-order valence-corrected chi connectivity index (χ4v) is 1.08. The van der Waals surface area contributed by atoms with E-state index in [9.17, 15) is 17.6 Å². The normalized spacial score (nSPS) is 10.4. The molecule has 1 aromatic carbocycles. The van der Waals surface area contributed by atoms with Gasteiger partial charge in [0.1, 0.15) is 0 Å². The minimum absolute atomic E-state index is 0.0984. The van der Waals surface area contributed by atoms with Crippen LogP contribution in [0.15, 0.2) is 12.7 Å². The molecule has 0 aliphatic heterocycles. The van der Waals surface area contributed by atoms with Crippen LogP contribution < -0.4 is 0 Å². The molecule has 75 valence electrons. The Hall–Kier alpha value is -1.32. The molecule has 0 nitrogen and oxygen atoms in total. The summed E-state index contributed by atoms with van der Waals surface area (Å²) in [5.41, 5.74) is -0.780. The van der Waals surface area contributed by atoms with E-state index in [1.807, 2.05) is 0 Å². The molecular formula is C10H7F4. The quantitative estimate of drug-likeness (QED) is 0.300. The molecule has 0 saturated carbocycles. The van der Waals surface area contributed by atoms with Crippen molar-refractivity contribution in [1.82, 2.24) is 0 Å². The Labute approximate surface area is 78.9 Å². The third kappa shape index (κ3) is 1.52. The molecule has 1 radical (unpaired) electrons. The van der Waals surface area contributed by atoms with Crippen molar-refractivity contribution in [2.45, 2.75) is 6.42 Å². The van der Waals surface area contributed by atoms with Gasteiger partial charge in [-0.1, -0.05) is 6.08 Å². The van der Waals surface area contributed by atoms with Crippen molar-refractivity contribution in [3.05, 3.63) is 54.0 Å². The van der Waals surface area contributed by atoms with Crippen LogP contribution in [-0.4, -0.2) is 0 Å². The third-order valence-corrected chi connectivity index (χ3v) is 1.82. The number of halogens is 4. The lowest BCUT2D eigenvalue weighted by molar-refractivity contribution is 0.403. The summed E-state index contributed by atoms with van der Waals surface area (Å²) >= 11 is 0. The number of rotatable bonds is 2. The molecule has 0 fully saturated rings. The fourth-order valence-electron chi connectivity index (χ4n) is 1.08. The smallest absolute Gasteiger partial charge is 0.197 e. The summed E-state index contributed by atoms with van der Waals surface area (Å²) < 4.78 is 51.2. The average Bonchev–Trinajstić information content (AvgIpc) is 2.19. The van der Waals surface area contributed by atoms with Gasteiger partial charge in [-0.2, -0.15) is 0 Å². The molecule has 0 saturated heterocycles. The van der Waals surface area contributed by atoms with Crippen LogP contribution in [0.3, 0.4) is 0 Å². The van der Waals surface area contributed by atoms with E-state index in [1.54, 1.807) is 0 Å². The Balaban J connectivity index is 3.50. The first-order chi connectivity index (χ1) is 6.50. The zero-order chi connectivity index (χ0) is 10.9. The number of hydrogen-bond donors (Lipinski definition) is 0. The maximum absolute atomic E-state index is 13.0. The van der Waals surface area contributed by atoms with Gasteiger partial charge < -0.3 is 0 Å². The summed E-state index contributed by atoms with van der Waals surface area (Å²) in [6, 6.07) is 0. The molecule has 0 aliphatic carbocycles. The molecule has 1 aromatic rings. The SMILES string of the molecule is [CH2]c1c(F)c(F)c(F)c(F)c1CC=C. The molecule has 0 N–H and O–H groups in total. The molecule has 0 bridgehead atoms. The van der Waals surface area contributed by atoms with E-state index in [2.05, 4.69) is 13.5 Å². The first-order valence-corrected chi connectivity index (χ1v) is 3.78. The van der Waals surface area contributed by atoms with E-state index >= 15 is 0 Å². The van der Waals surface area contributed by atoms with Crippen molar-refractivity contribution in [2.75, 3.05) is 0 Å². The molecule has 0 heterocycles. The highest BCUT2D eigenvalue weighted by Gasteiger charge is 2.21. The summed E-state index contributed by atoms with van der Waals surface area (Å²) in [6.07, 6.45) is 1.16. The average molecular weight is 203 g/mol. The van der Waals surface area contributed by atoms with Crippen LogP contribution in [0.1, 0.15) is 11.1 Å². The number of benzene rings is 1. The number of allylic oxidation sites excluding steroid dienone is 1. The minimum atomic E-state index is -1.83. The highest BCUT2D eigenvalue weighted by Crippen LogP contribution is 2.23. The lowest BCUT2D eigenvalue weighted by Gasteiger charge is -2.07. The van der Waals surface area contributed by atoms with E-state index in [0.717, 1.165) is 0 Å². The molecule has 1 rings (SSSR count). The summed E-state index contributed by atoms with van der Waals surface area (Å²) in [6.45, 7) is 6.42. The van der Waals surface area contributed by atoms with Gasteiger partial charge in [0.05, 0.1) is 0 Å². The molecule has 0 spiro atoms. The van der Waals surface area contributed by atoms with Gasteiger partial charge in [-0.05, 0) is 18.9 Å². The minimum Gasteiger partial charge on any atom is -0.203 e. The zero-order valence-electron chi connectivity index (χ0n) is 7.21. The van der Waals surface area contributed by atoms with Gasteiger partial charge in [-0.3, -0.25) is 0 Å². The monoisotopic (exact) mass is 203 g/mol. The maximum atomic E-state index is 13.0. The van der Waals surface area contributed by atoms with Crippen LogP contribution in [0.4, 0.5) is 17.6 Å². The van der Waals surface area contributed by atoms with Crippen molar-refractivity contribution >= 4 is 0 Å². The predicted octanol–water partition coefficient (Wildman–Crippen LogP) is 3.15. The topological polar surface area (TPSA) is 0 Å². The Morgan fingerprint density at radius 3 is 1.93 bits per heavy atom. The Bertz CT molecular complexity index is 353. The molecule has 0 unspecified atom stereocenters. The van der Waals surface area contributed by atoms with Crippen molar-refractivity contribution in [2.24, 2.45) is 0 Å². The lowest BCUT2D eigenvalue weighted by Crippen LogP contribution is -2.05. The standard InChI is InChI=1S/C10H7F4/c1-3-4-6-5(2)7(11)9(13)10(14)8(6)12/h3H,1-2,4H2. The van der Waals surface area contributed by atoms with Gasteiger partial charge in [0.15, 0.2) is 23.3 Å². The van der Waals surface area contributed by atoms with Gasteiger partial charge in [0, 0.05) is 5.56 Å².